The highest BCUT2D eigenvalue weighted by Crippen LogP contribution is 2.37. The van der Waals surface area contributed by atoms with E-state index in [1.165, 1.54) is 10.2 Å². The molecule has 2 aromatic heterocycles. The number of para-hydroxylation sites is 1. The van der Waals surface area contributed by atoms with E-state index in [-0.39, 0.29) is 5.56 Å². The van der Waals surface area contributed by atoms with Crippen LogP contribution in [0.5, 0.6) is 11.5 Å². The molecular weight excluding hydrogens is 662 g/mol. The summed E-state index contributed by atoms with van der Waals surface area (Å²) in [6, 6.07) is 26.6. The molecule has 0 bridgehead atoms. The maximum Gasteiger partial charge on any atom is 0.282 e. The van der Waals surface area contributed by atoms with Crippen LogP contribution in [0.1, 0.15) is 23.6 Å². The summed E-state index contributed by atoms with van der Waals surface area (Å²) >= 11 is 7.14. The number of aryl methyl sites for hydroxylation is 1. The first kappa shape index (κ1) is 27.9. The number of aromatic nitrogens is 2. The van der Waals surface area contributed by atoms with Crippen molar-refractivity contribution >= 4 is 59.9 Å². The number of halogens is 2. The molecule has 9 heteroatoms. The first-order valence-electron chi connectivity index (χ1n) is 13.3. The van der Waals surface area contributed by atoms with Crippen LogP contribution in [0.2, 0.25) is 0 Å². The summed E-state index contributed by atoms with van der Waals surface area (Å²) in [5.74, 6) is 1.88. The van der Waals surface area contributed by atoms with Gasteiger partial charge in [0.05, 0.1) is 28.2 Å². The van der Waals surface area contributed by atoms with Gasteiger partial charge < -0.3 is 13.9 Å². The normalized spacial score (nSPS) is 11.5. The van der Waals surface area contributed by atoms with Crippen molar-refractivity contribution in [2.75, 3.05) is 6.61 Å². The molecule has 42 heavy (non-hydrogen) atoms. The second kappa shape index (κ2) is 12.0. The highest BCUT2D eigenvalue weighted by Gasteiger charge is 2.17. The molecule has 0 amide bonds. The predicted molar refractivity (Wildman–Crippen MR) is 173 cm³/mol. The van der Waals surface area contributed by atoms with E-state index >= 15 is 0 Å². The number of rotatable bonds is 8. The van der Waals surface area contributed by atoms with Crippen LogP contribution in [-0.4, -0.2) is 22.5 Å². The lowest BCUT2D eigenvalue weighted by Crippen LogP contribution is -2.20. The zero-order valence-electron chi connectivity index (χ0n) is 22.8. The third-order valence-corrected chi connectivity index (χ3v) is 7.69. The standard InChI is InChI=1S/C33H25Br2N3O4/c1-3-40-29-15-22(14-26(35)31(29)41-19-21-10-8-20(2)9-11-21)18-36-38-32(37-27-7-5-4-6-25(27)33(38)39)30-17-23-16-24(34)12-13-28(23)42-30/h4-18H,3,19H2,1-2H3. The molecule has 0 spiro atoms. The fourth-order valence-corrected chi connectivity index (χ4v) is 5.50. The Balaban J connectivity index is 1.40. The van der Waals surface area contributed by atoms with Gasteiger partial charge in [-0.1, -0.05) is 57.9 Å². The SMILES string of the molecule is CCOc1cc(C=Nn2c(-c3cc4cc(Br)ccc4o3)nc3ccccc3c2=O)cc(Br)c1OCc1ccc(C)cc1. The first-order chi connectivity index (χ1) is 20.4. The van der Waals surface area contributed by atoms with Crippen LogP contribution in [0.4, 0.5) is 0 Å². The van der Waals surface area contributed by atoms with Gasteiger partial charge >= 0.3 is 0 Å². The molecule has 0 N–H and O–H groups in total. The number of hydrogen-bond donors (Lipinski definition) is 0. The molecule has 0 atom stereocenters. The third-order valence-electron chi connectivity index (χ3n) is 6.61. The lowest BCUT2D eigenvalue weighted by molar-refractivity contribution is 0.267. The van der Waals surface area contributed by atoms with E-state index in [0.29, 0.717) is 62.8 Å². The molecule has 0 saturated carbocycles. The van der Waals surface area contributed by atoms with Crippen LogP contribution in [-0.2, 0) is 6.61 Å². The minimum atomic E-state index is -0.310. The van der Waals surface area contributed by atoms with Crippen molar-refractivity contribution in [3.63, 3.8) is 0 Å². The molecule has 0 fully saturated rings. The van der Waals surface area contributed by atoms with Crippen LogP contribution >= 0.6 is 31.9 Å². The van der Waals surface area contributed by atoms with E-state index in [0.717, 1.165) is 15.4 Å². The number of hydrogen-bond acceptors (Lipinski definition) is 6. The average molecular weight is 687 g/mol. The first-order valence-corrected chi connectivity index (χ1v) is 14.9. The van der Waals surface area contributed by atoms with Crippen molar-refractivity contribution in [2.24, 2.45) is 5.10 Å². The Morgan fingerprint density at radius 1 is 0.976 bits per heavy atom. The molecule has 6 rings (SSSR count). The molecule has 0 saturated heterocycles. The fraction of sp³-hybridized carbons (Fsp3) is 0.121. The van der Waals surface area contributed by atoms with Crippen molar-refractivity contribution in [2.45, 2.75) is 20.5 Å². The van der Waals surface area contributed by atoms with E-state index in [1.807, 2.05) is 61.5 Å². The lowest BCUT2D eigenvalue weighted by Gasteiger charge is -2.15. The molecule has 4 aromatic carbocycles. The van der Waals surface area contributed by atoms with Crippen molar-refractivity contribution in [1.82, 2.24) is 9.66 Å². The van der Waals surface area contributed by atoms with Gasteiger partial charge in [0.1, 0.15) is 12.2 Å². The number of benzene rings is 4. The number of ether oxygens (including phenoxy) is 2. The Hall–Kier alpha value is -4.21. The zero-order valence-corrected chi connectivity index (χ0v) is 26.0. The molecule has 2 heterocycles. The van der Waals surface area contributed by atoms with Crippen LogP contribution in [0.15, 0.2) is 108 Å². The molecule has 0 aliphatic carbocycles. The van der Waals surface area contributed by atoms with Crippen LogP contribution in [0.25, 0.3) is 33.5 Å². The Bertz CT molecular complexity index is 2010. The minimum absolute atomic E-state index is 0.296. The van der Waals surface area contributed by atoms with Gasteiger partial charge in [-0.2, -0.15) is 9.78 Å². The molecule has 7 nitrogen and oxygen atoms in total. The fourth-order valence-electron chi connectivity index (χ4n) is 4.54. The van der Waals surface area contributed by atoms with Gasteiger partial charge in [0.15, 0.2) is 17.3 Å². The van der Waals surface area contributed by atoms with Gasteiger partial charge in [0.2, 0.25) is 5.82 Å². The van der Waals surface area contributed by atoms with Gasteiger partial charge in [-0.05, 0) is 89.4 Å². The van der Waals surface area contributed by atoms with Crippen molar-refractivity contribution in [1.29, 1.82) is 0 Å². The monoisotopic (exact) mass is 685 g/mol. The van der Waals surface area contributed by atoms with Crippen LogP contribution in [0.3, 0.4) is 0 Å². The molecule has 0 unspecified atom stereocenters. The minimum Gasteiger partial charge on any atom is -0.490 e. The Labute approximate surface area is 258 Å². The summed E-state index contributed by atoms with van der Waals surface area (Å²) in [7, 11) is 0. The van der Waals surface area contributed by atoms with Gasteiger partial charge in [0.25, 0.3) is 5.56 Å². The topological polar surface area (TPSA) is 78.9 Å². The Morgan fingerprint density at radius 3 is 2.60 bits per heavy atom. The van der Waals surface area contributed by atoms with E-state index in [9.17, 15) is 4.79 Å². The highest BCUT2D eigenvalue weighted by atomic mass is 79.9. The second-order valence-electron chi connectivity index (χ2n) is 9.64. The maximum atomic E-state index is 13.7. The van der Waals surface area contributed by atoms with Crippen molar-refractivity contribution in [3.05, 3.63) is 121 Å². The van der Waals surface area contributed by atoms with Crippen LogP contribution in [0, 0.1) is 6.92 Å². The van der Waals surface area contributed by atoms with Crippen molar-refractivity contribution in [3.8, 4) is 23.1 Å². The second-order valence-corrected chi connectivity index (χ2v) is 11.4. The molecule has 210 valence electrons. The maximum absolute atomic E-state index is 13.7. The summed E-state index contributed by atoms with van der Waals surface area (Å²) in [5.41, 5.74) is 3.87. The third kappa shape index (κ3) is 5.75. The number of furan rings is 1. The lowest BCUT2D eigenvalue weighted by atomic mass is 10.1. The summed E-state index contributed by atoms with van der Waals surface area (Å²) in [6.45, 7) is 4.81. The Morgan fingerprint density at radius 2 is 1.79 bits per heavy atom. The van der Waals surface area contributed by atoms with Gasteiger partial charge in [-0.15, -0.1) is 0 Å². The largest absolute Gasteiger partial charge is 0.490 e. The summed E-state index contributed by atoms with van der Waals surface area (Å²) in [4.78, 5) is 18.4. The van der Waals surface area contributed by atoms with Gasteiger partial charge in [-0.3, -0.25) is 4.79 Å². The quantitative estimate of drug-likeness (QED) is 0.150. The summed E-state index contributed by atoms with van der Waals surface area (Å²) < 4.78 is 21.1. The molecule has 0 radical (unpaired) electrons. The predicted octanol–water partition coefficient (Wildman–Crippen LogP) is 8.50. The molecule has 6 aromatic rings. The Kier molecular flexibility index (Phi) is 7.95. The molecule has 0 aliphatic rings. The van der Waals surface area contributed by atoms with E-state index in [1.54, 1.807) is 24.4 Å². The number of nitrogens with zero attached hydrogens (tertiary/aromatic N) is 3. The highest BCUT2D eigenvalue weighted by molar-refractivity contribution is 9.10. The van der Waals surface area contributed by atoms with E-state index < -0.39 is 0 Å². The smallest absolute Gasteiger partial charge is 0.282 e. The van der Waals surface area contributed by atoms with E-state index in [2.05, 4.69) is 56.0 Å². The summed E-state index contributed by atoms with van der Waals surface area (Å²) in [5, 5.41) is 5.92. The molecular formula is C33H25Br2N3O4. The zero-order chi connectivity index (χ0) is 29.2. The molecule has 0 aliphatic heterocycles. The van der Waals surface area contributed by atoms with E-state index in [4.69, 9.17) is 18.9 Å². The van der Waals surface area contributed by atoms with Crippen LogP contribution < -0.4 is 15.0 Å². The average Bonchev–Trinajstić information content (AvgIpc) is 3.40. The number of fused-ring (bicyclic) bond motifs is 2. The van der Waals surface area contributed by atoms with Gasteiger partial charge in [-0.25, -0.2) is 4.98 Å². The summed E-state index contributed by atoms with van der Waals surface area (Å²) in [6.07, 6.45) is 1.59. The van der Waals surface area contributed by atoms with Gasteiger partial charge in [0, 0.05) is 9.86 Å². The van der Waals surface area contributed by atoms with Crippen molar-refractivity contribution < 1.29 is 13.9 Å².